The maximum atomic E-state index is 13.2. The average molecular weight is 578 g/mol. The average Bonchev–Trinajstić information content (AvgIpc) is 3.20. The van der Waals surface area contributed by atoms with E-state index < -0.39 is 26.0 Å². The molecule has 1 aliphatic heterocycles. The Morgan fingerprint density at radius 3 is 2.00 bits per heavy atom. The molecule has 9 nitrogen and oxygen atoms in total. The Morgan fingerprint density at radius 1 is 0.816 bits per heavy atom. The summed E-state index contributed by atoms with van der Waals surface area (Å²) in [5.74, 6) is -0.0203. The molecule has 0 spiro atoms. The van der Waals surface area contributed by atoms with Crippen molar-refractivity contribution in [2.24, 2.45) is 0 Å². The standard InChI is InChI=1S/C26H28ClN3O6S2/c1-36-21-10-6-20(7-11-21)29-37(32,33)22-12-8-19(9-13-22)28-26(31)24-18-23(14-15-25(24)27)38(34,35)30-16-4-2-3-5-17-30/h6-15,18,29H,2-5,16-17H2,1H3,(H,28,31). The van der Waals surface area contributed by atoms with Crippen molar-refractivity contribution in [1.29, 1.82) is 0 Å². The topological polar surface area (TPSA) is 122 Å². The molecule has 2 N–H and O–H groups in total. The molecule has 12 heteroatoms. The van der Waals surface area contributed by atoms with Crippen LogP contribution in [-0.2, 0) is 20.0 Å². The highest BCUT2D eigenvalue weighted by Crippen LogP contribution is 2.26. The number of ether oxygens (including phenoxy) is 1. The Balaban J connectivity index is 1.48. The van der Waals surface area contributed by atoms with Crippen molar-refractivity contribution in [3.05, 3.63) is 77.3 Å². The number of benzene rings is 3. The van der Waals surface area contributed by atoms with Crippen LogP contribution >= 0.6 is 11.6 Å². The summed E-state index contributed by atoms with van der Waals surface area (Å²) in [5, 5.41) is 2.74. The number of methoxy groups -OCH3 is 1. The third-order valence-corrected chi connectivity index (χ3v) is 9.77. The van der Waals surface area contributed by atoms with Gasteiger partial charge in [0.2, 0.25) is 10.0 Å². The molecule has 4 rings (SSSR count). The number of rotatable bonds is 8. The molecule has 1 aliphatic rings. The Kier molecular flexibility index (Phi) is 8.61. The van der Waals surface area contributed by atoms with E-state index >= 15 is 0 Å². The van der Waals surface area contributed by atoms with Crippen LogP contribution in [0.15, 0.2) is 76.5 Å². The van der Waals surface area contributed by atoms with Gasteiger partial charge in [-0.15, -0.1) is 0 Å². The minimum atomic E-state index is -3.87. The number of carbonyl (C=O) groups is 1. The lowest BCUT2D eigenvalue weighted by Gasteiger charge is -2.20. The number of amides is 1. The van der Waals surface area contributed by atoms with Crippen LogP contribution < -0.4 is 14.8 Å². The highest BCUT2D eigenvalue weighted by Gasteiger charge is 2.27. The van der Waals surface area contributed by atoms with Crippen LogP contribution in [0.4, 0.5) is 11.4 Å². The minimum Gasteiger partial charge on any atom is -0.497 e. The molecule has 1 saturated heterocycles. The van der Waals surface area contributed by atoms with Crippen molar-refractivity contribution in [3.63, 3.8) is 0 Å². The fourth-order valence-electron chi connectivity index (χ4n) is 4.06. The van der Waals surface area contributed by atoms with Gasteiger partial charge in [-0.3, -0.25) is 9.52 Å². The predicted molar refractivity (Wildman–Crippen MR) is 147 cm³/mol. The fourth-order valence-corrected chi connectivity index (χ4v) is 6.86. The fraction of sp³-hybridized carbons (Fsp3) is 0.269. The summed E-state index contributed by atoms with van der Waals surface area (Å²) in [5.41, 5.74) is 0.684. The molecule has 0 saturated carbocycles. The van der Waals surface area contributed by atoms with Crippen LogP contribution in [0.2, 0.25) is 5.02 Å². The van der Waals surface area contributed by atoms with Crippen LogP contribution in [0.25, 0.3) is 0 Å². The van der Waals surface area contributed by atoms with Crippen molar-refractivity contribution < 1.29 is 26.4 Å². The Morgan fingerprint density at radius 2 is 1.39 bits per heavy atom. The van der Waals surface area contributed by atoms with E-state index in [1.165, 1.54) is 53.9 Å². The summed E-state index contributed by atoms with van der Waals surface area (Å²) in [6, 6.07) is 16.1. The maximum absolute atomic E-state index is 13.2. The molecule has 0 aliphatic carbocycles. The second kappa shape index (κ2) is 11.7. The monoisotopic (exact) mass is 577 g/mol. The summed E-state index contributed by atoms with van der Waals surface area (Å²) in [7, 11) is -6.12. The molecule has 0 radical (unpaired) electrons. The van der Waals surface area contributed by atoms with Gasteiger partial charge in [0.1, 0.15) is 5.75 Å². The number of nitrogens with one attached hydrogen (secondary N) is 2. The predicted octanol–water partition coefficient (Wildman–Crippen LogP) is 4.97. The quantitative estimate of drug-likeness (QED) is 0.390. The lowest BCUT2D eigenvalue weighted by molar-refractivity contribution is 0.102. The molecule has 0 unspecified atom stereocenters. The first-order valence-corrected chi connectivity index (χ1v) is 15.3. The SMILES string of the molecule is COc1ccc(NS(=O)(=O)c2ccc(NC(=O)c3cc(S(=O)(=O)N4CCCCCC4)ccc3Cl)cc2)cc1. The number of hydrogen-bond acceptors (Lipinski definition) is 6. The first kappa shape index (κ1) is 27.9. The van der Waals surface area contributed by atoms with E-state index in [1.54, 1.807) is 24.3 Å². The van der Waals surface area contributed by atoms with Gasteiger partial charge in [0.15, 0.2) is 0 Å². The zero-order chi connectivity index (χ0) is 27.3. The Hall–Kier alpha value is -3.12. The molecule has 3 aromatic rings. The van der Waals surface area contributed by atoms with Crippen molar-refractivity contribution in [2.45, 2.75) is 35.5 Å². The van der Waals surface area contributed by atoms with Crippen LogP contribution in [0.3, 0.4) is 0 Å². The lowest BCUT2D eigenvalue weighted by atomic mass is 10.2. The van der Waals surface area contributed by atoms with E-state index in [0.29, 0.717) is 30.2 Å². The highest BCUT2D eigenvalue weighted by atomic mass is 35.5. The van der Waals surface area contributed by atoms with Gasteiger partial charge < -0.3 is 10.1 Å². The third kappa shape index (κ3) is 6.47. The van der Waals surface area contributed by atoms with Gasteiger partial charge in [-0.25, -0.2) is 16.8 Å². The second-order valence-electron chi connectivity index (χ2n) is 8.77. The van der Waals surface area contributed by atoms with Gasteiger partial charge in [0.25, 0.3) is 15.9 Å². The third-order valence-electron chi connectivity index (χ3n) is 6.15. The van der Waals surface area contributed by atoms with Crippen molar-refractivity contribution in [1.82, 2.24) is 4.31 Å². The van der Waals surface area contributed by atoms with Crippen LogP contribution in [0.1, 0.15) is 36.0 Å². The summed E-state index contributed by atoms with van der Waals surface area (Å²) >= 11 is 6.24. The smallest absolute Gasteiger partial charge is 0.261 e. The van der Waals surface area contributed by atoms with E-state index in [0.717, 1.165) is 25.7 Å². The first-order valence-electron chi connectivity index (χ1n) is 12.0. The Labute approximate surface area is 227 Å². The molecule has 3 aromatic carbocycles. The molecule has 38 heavy (non-hydrogen) atoms. The number of hydrogen-bond donors (Lipinski definition) is 2. The van der Waals surface area contributed by atoms with Crippen molar-refractivity contribution in [2.75, 3.05) is 30.2 Å². The molecule has 0 aromatic heterocycles. The molecule has 0 bridgehead atoms. The van der Waals surface area contributed by atoms with E-state index in [4.69, 9.17) is 16.3 Å². The zero-order valence-electron chi connectivity index (χ0n) is 20.7. The van der Waals surface area contributed by atoms with Gasteiger partial charge >= 0.3 is 0 Å². The molecule has 1 heterocycles. The summed E-state index contributed by atoms with van der Waals surface area (Å²) in [6.07, 6.45) is 3.55. The number of anilines is 2. The highest BCUT2D eigenvalue weighted by molar-refractivity contribution is 7.92. The Bertz CT molecular complexity index is 1500. The molecule has 1 amide bonds. The number of nitrogens with zero attached hydrogens (tertiary/aromatic N) is 1. The summed E-state index contributed by atoms with van der Waals surface area (Å²) in [6.45, 7) is 0.879. The molecule has 0 atom stereocenters. The van der Waals surface area contributed by atoms with Gasteiger partial charge in [0.05, 0.1) is 27.5 Å². The summed E-state index contributed by atoms with van der Waals surface area (Å²) in [4.78, 5) is 13.0. The van der Waals surface area contributed by atoms with Crippen LogP contribution in [0, 0.1) is 0 Å². The first-order chi connectivity index (χ1) is 18.1. The van der Waals surface area contributed by atoms with Crippen LogP contribution in [-0.4, -0.2) is 47.2 Å². The zero-order valence-corrected chi connectivity index (χ0v) is 23.1. The van der Waals surface area contributed by atoms with Gasteiger partial charge in [-0.1, -0.05) is 24.4 Å². The molecule has 202 valence electrons. The minimum absolute atomic E-state index is 0.00000220. The lowest BCUT2D eigenvalue weighted by Crippen LogP contribution is -2.32. The van der Waals surface area contributed by atoms with E-state index in [9.17, 15) is 21.6 Å². The summed E-state index contributed by atoms with van der Waals surface area (Å²) < 4.78 is 60.8. The maximum Gasteiger partial charge on any atom is 0.261 e. The second-order valence-corrected chi connectivity index (χ2v) is 12.8. The number of halogens is 1. The van der Waals surface area contributed by atoms with E-state index in [2.05, 4.69) is 10.0 Å². The molecular formula is C26H28ClN3O6S2. The van der Waals surface area contributed by atoms with Crippen LogP contribution in [0.5, 0.6) is 5.75 Å². The van der Waals surface area contributed by atoms with Gasteiger partial charge in [-0.05, 0) is 79.6 Å². The molecule has 1 fully saturated rings. The van der Waals surface area contributed by atoms with E-state index in [1.807, 2.05) is 0 Å². The number of carbonyl (C=O) groups excluding carboxylic acids is 1. The van der Waals surface area contributed by atoms with Crippen molar-refractivity contribution >= 4 is 48.9 Å². The van der Waals surface area contributed by atoms with Crippen molar-refractivity contribution in [3.8, 4) is 5.75 Å². The number of sulfonamides is 2. The van der Waals surface area contributed by atoms with Gasteiger partial charge in [-0.2, -0.15) is 4.31 Å². The molecular weight excluding hydrogens is 550 g/mol. The largest absolute Gasteiger partial charge is 0.497 e. The normalized spacial score (nSPS) is 14.9. The van der Waals surface area contributed by atoms with Gasteiger partial charge in [0, 0.05) is 24.5 Å². The van der Waals surface area contributed by atoms with E-state index in [-0.39, 0.29) is 20.4 Å².